The normalized spacial score (nSPS) is 11.5. The summed E-state index contributed by atoms with van der Waals surface area (Å²) in [5.41, 5.74) is 5.42. The number of nitrogens with two attached hydrogens (primary N) is 1. The molecule has 0 aliphatic heterocycles. The zero-order chi connectivity index (χ0) is 13.2. The molecular weight excluding hydrogens is 352 g/mol. The summed E-state index contributed by atoms with van der Waals surface area (Å²) in [5.74, 6) is -0.252. The van der Waals surface area contributed by atoms with Crippen molar-refractivity contribution in [2.75, 3.05) is 0 Å². The highest BCUT2D eigenvalue weighted by atomic mass is 79.9. The van der Waals surface area contributed by atoms with Gasteiger partial charge in [0.25, 0.3) is 0 Å². The van der Waals surface area contributed by atoms with E-state index in [0.717, 1.165) is 5.56 Å². The summed E-state index contributed by atoms with van der Waals surface area (Å²) >= 11 is 6.49. The molecule has 0 aromatic heterocycles. The Labute approximate surface area is 117 Å². The molecule has 0 saturated heterocycles. The molecule has 0 saturated carbocycles. The smallest absolute Gasteiger partial charge is 0.237 e. The lowest BCUT2D eigenvalue weighted by Crippen LogP contribution is -2.50. The monoisotopic (exact) mass is 364 g/mol. The van der Waals surface area contributed by atoms with Gasteiger partial charge >= 0.3 is 0 Å². The molecule has 4 nitrogen and oxygen atoms in total. The zero-order valence-corrected chi connectivity index (χ0v) is 12.7. The Morgan fingerprint density at radius 2 is 1.88 bits per heavy atom. The van der Waals surface area contributed by atoms with Gasteiger partial charge in [-0.05, 0) is 63.4 Å². The number of halogens is 2. The van der Waals surface area contributed by atoms with Crippen molar-refractivity contribution in [3.05, 3.63) is 26.6 Å². The molecule has 6 heteroatoms. The zero-order valence-electron chi connectivity index (χ0n) is 9.55. The number of hydrogen-bond acceptors (Lipinski definition) is 3. The fourth-order valence-corrected chi connectivity index (χ4v) is 2.41. The van der Waals surface area contributed by atoms with Crippen LogP contribution in [0.4, 0.5) is 0 Å². The van der Waals surface area contributed by atoms with Gasteiger partial charge < -0.3 is 10.8 Å². The third-order valence-corrected chi connectivity index (χ3v) is 3.64. The predicted molar refractivity (Wildman–Crippen MR) is 73.6 cm³/mol. The number of benzene rings is 1. The van der Waals surface area contributed by atoms with Crippen molar-refractivity contribution in [3.8, 4) is 5.75 Å². The van der Waals surface area contributed by atoms with Gasteiger partial charge in [0, 0.05) is 6.54 Å². The Morgan fingerprint density at radius 3 is 2.29 bits per heavy atom. The maximum Gasteiger partial charge on any atom is 0.237 e. The maximum atomic E-state index is 11.1. The van der Waals surface area contributed by atoms with Crippen LogP contribution >= 0.6 is 31.9 Å². The number of phenolic OH excluding ortho intramolecular Hbond substituents is 1. The average Bonchev–Trinajstić information content (AvgIpc) is 2.22. The summed E-state index contributed by atoms with van der Waals surface area (Å²) in [7, 11) is 0. The van der Waals surface area contributed by atoms with Crippen LogP contribution in [0.3, 0.4) is 0 Å². The van der Waals surface area contributed by atoms with Crippen molar-refractivity contribution < 1.29 is 9.90 Å². The highest BCUT2D eigenvalue weighted by molar-refractivity contribution is 9.11. The summed E-state index contributed by atoms with van der Waals surface area (Å²) < 4.78 is 1.20. The van der Waals surface area contributed by atoms with E-state index in [-0.39, 0.29) is 5.75 Å². The number of carbonyl (C=O) groups is 1. The first-order valence-electron chi connectivity index (χ1n) is 4.96. The van der Waals surface area contributed by atoms with Crippen molar-refractivity contribution >= 4 is 37.8 Å². The fourth-order valence-electron chi connectivity index (χ4n) is 1.13. The number of nitrogens with one attached hydrogen (secondary N) is 1. The fraction of sp³-hybridized carbons (Fsp3) is 0.364. The lowest BCUT2D eigenvalue weighted by Gasteiger charge is -2.22. The Kier molecular flexibility index (Phi) is 4.57. The van der Waals surface area contributed by atoms with E-state index in [0.29, 0.717) is 15.5 Å². The Bertz CT molecular complexity index is 424. The van der Waals surface area contributed by atoms with Crippen molar-refractivity contribution in [2.24, 2.45) is 5.73 Å². The third-order valence-electron chi connectivity index (χ3n) is 2.43. The number of rotatable bonds is 4. The minimum atomic E-state index is -0.767. The van der Waals surface area contributed by atoms with Gasteiger partial charge in [-0.1, -0.05) is 0 Å². The lowest BCUT2D eigenvalue weighted by atomic mass is 10.0. The van der Waals surface area contributed by atoms with Crippen molar-refractivity contribution in [1.82, 2.24) is 5.32 Å². The average molecular weight is 366 g/mol. The lowest BCUT2D eigenvalue weighted by molar-refractivity contribution is -0.123. The van der Waals surface area contributed by atoms with E-state index < -0.39 is 11.4 Å². The minimum absolute atomic E-state index is 0.155. The van der Waals surface area contributed by atoms with Crippen molar-refractivity contribution in [1.29, 1.82) is 0 Å². The summed E-state index contributed by atoms with van der Waals surface area (Å²) in [4.78, 5) is 11.1. The Morgan fingerprint density at radius 1 is 1.41 bits per heavy atom. The number of hydrogen-bond donors (Lipinski definition) is 3. The summed E-state index contributed by atoms with van der Waals surface area (Å²) in [5, 5.41) is 12.6. The van der Waals surface area contributed by atoms with Gasteiger partial charge in [0.2, 0.25) is 5.91 Å². The van der Waals surface area contributed by atoms with Crippen LogP contribution in [-0.2, 0) is 11.3 Å². The molecule has 0 spiro atoms. The van der Waals surface area contributed by atoms with Crippen LogP contribution in [0.1, 0.15) is 19.4 Å². The van der Waals surface area contributed by atoms with Gasteiger partial charge in [0.05, 0.1) is 14.5 Å². The van der Waals surface area contributed by atoms with Gasteiger partial charge in [0.15, 0.2) is 0 Å². The number of primary amides is 1. The van der Waals surface area contributed by atoms with Gasteiger partial charge in [0.1, 0.15) is 5.75 Å². The van der Waals surface area contributed by atoms with Crippen LogP contribution in [0.5, 0.6) is 5.75 Å². The molecule has 1 amide bonds. The van der Waals surface area contributed by atoms with Crippen LogP contribution in [0.25, 0.3) is 0 Å². The molecule has 0 unspecified atom stereocenters. The first-order chi connectivity index (χ1) is 7.74. The molecule has 1 aromatic carbocycles. The topological polar surface area (TPSA) is 75.3 Å². The molecule has 0 bridgehead atoms. The van der Waals surface area contributed by atoms with E-state index in [1.165, 1.54) is 0 Å². The molecule has 0 heterocycles. The van der Waals surface area contributed by atoms with E-state index in [1.54, 1.807) is 26.0 Å². The van der Waals surface area contributed by atoms with E-state index in [4.69, 9.17) is 5.73 Å². The second-order valence-corrected chi connectivity index (χ2v) is 5.96. The molecule has 1 aromatic rings. The van der Waals surface area contributed by atoms with E-state index in [2.05, 4.69) is 37.2 Å². The van der Waals surface area contributed by atoms with E-state index >= 15 is 0 Å². The van der Waals surface area contributed by atoms with Crippen LogP contribution in [0.2, 0.25) is 0 Å². The standard InChI is InChI=1S/C11H14Br2N2O2/c1-11(2,10(14)17)15-5-6-3-7(12)9(16)8(13)4-6/h3-4,15-16H,5H2,1-2H3,(H2,14,17). The number of carbonyl (C=O) groups excluding carboxylic acids is 1. The summed E-state index contributed by atoms with van der Waals surface area (Å²) in [6.45, 7) is 3.92. The highest BCUT2D eigenvalue weighted by Crippen LogP contribution is 2.33. The number of aromatic hydroxyl groups is 1. The van der Waals surface area contributed by atoms with Crippen LogP contribution < -0.4 is 11.1 Å². The van der Waals surface area contributed by atoms with Gasteiger partial charge in [-0.25, -0.2) is 0 Å². The number of phenols is 1. The van der Waals surface area contributed by atoms with E-state index in [9.17, 15) is 9.90 Å². The third kappa shape index (κ3) is 3.69. The second-order valence-electron chi connectivity index (χ2n) is 4.25. The Hall–Kier alpha value is -0.590. The molecule has 94 valence electrons. The minimum Gasteiger partial charge on any atom is -0.506 e. The van der Waals surface area contributed by atoms with Crippen LogP contribution in [0, 0.1) is 0 Å². The molecule has 0 atom stereocenters. The molecule has 17 heavy (non-hydrogen) atoms. The molecular formula is C11H14Br2N2O2. The van der Waals surface area contributed by atoms with Gasteiger partial charge in [-0.15, -0.1) is 0 Å². The van der Waals surface area contributed by atoms with Gasteiger partial charge in [-0.3, -0.25) is 10.1 Å². The maximum absolute atomic E-state index is 11.1. The van der Waals surface area contributed by atoms with Gasteiger partial charge in [-0.2, -0.15) is 0 Å². The predicted octanol–water partition coefficient (Wildman–Crippen LogP) is 2.27. The quantitative estimate of drug-likeness (QED) is 0.766. The largest absolute Gasteiger partial charge is 0.506 e. The molecule has 1 rings (SSSR count). The molecule has 0 fully saturated rings. The van der Waals surface area contributed by atoms with Crippen LogP contribution in [-0.4, -0.2) is 16.6 Å². The van der Waals surface area contributed by atoms with E-state index in [1.807, 2.05) is 0 Å². The second kappa shape index (κ2) is 5.37. The van der Waals surface area contributed by atoms with Crippen LogP contribution in [0.15, 0.2) is 21.1 Å². The first kappa shape index (κ1) is 14.5. The number of amides is 1. The summed E-state index contributed by atoms with van der Waals surface area (Å²) in [6.07, 6.45) is 0. The van der Waals surface area contributed by atoms with Crippen molar-refractivity contribution in [2.45, 2.75) is 25.9 Å². The summed E-state index contributed by atoms with van der Waals surface area (Å²) in [6, 6.07) is 3.56. The molecule has 0 aliphatic carbocycles. The SMILES string of the molecule is CC(C)(NCc1cc(Br)c(O)c(Br)c1)C(N)=O. The van der Waals surface area contributed by atoms with Crippen molar-refractivity contribution in [3.63, 3.8) is 0 Å². The molecule has 0 aliphatic rings. The molecule has 0 radical (unpaired) electrons. The highest BCUT2D eigenvalue weighted by Gasteiger charge is 2.23. The molecule has 4 N–H and O–H groups in total. The first-order valence-corrected chi connectivity index (χ1v) is 6.54. The Balaban J connectivity index is 2.81.